The summed E-state index contributed by atoms with van der Waals surface area (Å²) >= 11 is 0. The number of guanidine groups is 1. The monoisotopic (exact) mass is 478 g/mol. The van der Waals surface area contributed by atoms with Gasteiger partial charge in [-0.2, -0.15) is 5.10 Å². The molecule has 2 N–H and O–H groups in total. The van der Waals surface area contributed by atoms with E-state index in [-0.39, 0.29) is 24.0 Å². The van der Waals surface area contributed by atoms with Crippen LogP contribution in [0, 0.1) is 6.92 Å². The lowest BCUT2D eigenvalue weighted by Crippen LogP contribution is -2.47. The number of nitrogens with one attached hydrogen (secondary N) is 2. The number of hydrogen-bond acceptors (Lipinski definition) is 5. The summed E-state index contributed by atoms with van der Waals surface area (Å²) in [5, 5.41) is 11.3. The fourth-order valence-electron chi connectivity index (χ4n) is 3.31. The van der Waals surface area contributed by atoms with Crippen molar-refractivity contribution in [1.82, 2.24) is 25.4 Å². The van der Waals surface area contributed by atoms with Gasteiger partial charge in [-0.15, -0.1) is 24.0 Å². The van der Waals surface area contributed by atoms with E-state index in [0.29, 0.717) is 12.1 Å². The molecule has 1 aromatic heterocycles. The van der Waals surface area contributed by atoms with Crippen molar-refractivity contribution in [2.75, 3.05) is 33.4 Å². The highest BCUT2D eigenvalue weighted by atomic mass is 127. The van der Waals surface area contributed by atoms with Gasteiger partial charge in [0.05, 0.1) is 12.6 Å². The Balaban J connectivity index is 0.00000243. The van der Waals surface area contributed by atoms with Crippen LogP contribution in [0.15, 0.2) is 4.99 Å². The van der Waals surface area contributed by atoms with E-state index in [1.54, 1.807) is 0 Å². The van der Waals surface area contributed by atoms with Crippen molar-refractivity contribution in [3.8, 4) is 0 Å². The van der Waals surface area contributed by atoms with Crippen LogP contribution in [-0.2, 0) is 22.4 Å². The van der Waals surface area contributed by atoms with Crippen molar-refractivity contribution in [2.45, 2.75) is 57.7 Å². The molecule has 1 fully saturated rings. The number of halogens is 1. The van der Waals surface area contributed by atoms with Gasteiger partial charge in [0.1, 0.15) is 11.6 Å². The van der Waals surface area contributed by atoms with Crippen molar-refractivity contribution >= 4 is 29.9 Å². The molecule has 1 atom stereocenters. The van der Waals surface area contributed by atoms with E-state index in [2.05, 4.69) is 25.7 Å². The summed E-state index contributed by atoms with van der Waals surface area (Å²) < 4.78 is 13.2. The second kappa shape index (κ2) is 11.0. The van der Waals surface area contributed by atoms with Crippen LogP contribution >= 0.6 is 24.0 Å². The lowest BCUT2D eigenvalue weighted by Gasteiger charge is -2.25. The summed E-state index contributed by atoms with van der Waals surface area (Å²) in [5.41, 5.74) is 0. The zero-order valence-electron chi connectivity index (χ0n) is 15.7. The van der Waals surface area contributed by atoms with Crippen molar-refractivity contribution < 1.29 is 9.47 Å². The molecule has 1 aromatic rings. The fourth-order valence-corrected chi connectivity index (χ4v) is 3.31. The van der Waals surface area contributed by atoms with Crippen molar-refractivity contribution in [1.29, 1.82) is 0 Å². The summed E-state index contributed by atoms with van der Waals surface area (Å²) in [6.45, 7) is 6.06. The van der Waals surface area contributed by atoms with E-state index in [4.69, 9.17) is 9.47 Å². The van der Waals surface area contributed by atoms with Crippen LogP contribution in [0.4, 0.5) is 0 Å². The van der Waals surface area contributed by atoms with E-state index in [0.717, 1.165) is 82.6 Å². The molecule has 0 bridgehead atoms. The predicted molar refractivity (Wildman–Crippen MR) is 111 cm³/mol. The molecule has 0 spiro atoms. The van der Waals surface area contributed by atoms with E-state index < -0.39 is 0 Å². The first kappa shape index (κ1) is 21.4. The van der Waals surface area contributed by atoms with Gasteiger partial charge in [0.2, 0.25) is 0 Å². The van der Waals surface area contributed by atoms with Crippen molar-refractivity contribution in [2.24, 2.45) is 4.99 Å². The standard InChI is InChI=1S/C17H30N6O2.HI/c1-13-20-16-5-4-14(12-23(16)22-13)21-17(18-2)19-8-3-9-25-15-6-10-24-11-7-15;/h14-15H,3-12H2,1-2H3,(H2,18,19,21);1H. The Morgan fingerprint density at radius 3 is 2.92 bits per heavy atom. The zero-order valence-corrected chi connectivity index (χ0v) is 18.1. The maximum absolute atomic E-state index is 5.89. The first-order valence-corrected chi connectivity index (χ1v) is 9.31. The van der Waals surface area contributed by atoms with Crippen LogP contribution in [0.5, 0.6) is 0 Å². The second-order valence-electron chi connectivity index (χ2n) is 6.67. The Morgan fingerprint density at radius 1 is 1.35 bits per heavy atom. The summed E-state index contributed by atoms with van der Waals surface area (Å²) in [7, 11) is 1.81. The third kappa shape index (κ3) is 6.34. The molecule has 1 saturated heterocycles. The van der Waals surface area contributed by atoms with Crippen LogP contribution in [0.2, 0.25) is 0 Å². The molecule has 148 valence electrons. The number of ether oxygens (including phenoxy) is 2. The Morgan fingerprint density at radius 2 is 2.15 bits per heavy atom. The van der Waals surface area contributed by atoms with Crippen LogP contribution in [0.1, 0.15) is 37.3 Å². The van der Waals surface area contributed by atoms with E-state index in [1.165, 1.54) is 0 Å². The van der Waals surface area contributed by atoms with Gasteiger partial charge in [0, 0.05) is 45.9 Å². The summed E-state index contributed by atoms with van der Waals surface area (Å²) in [6, 6.07) is 0.332. The number of hydrogen-bond donors (Lipinski definition) is 2. The molecule has 3 rings (SSSR count). The fraction of sp³-hybridized carbons (Fsp3) is 0.824. The molecule has 0 saturated carbocycles. The molecule has 3 heterocycles. The molecule has 1 unspecified atom stereocenters. The highest BCUT2D eigenvalue weighted by molar-refractivity contribution is 14.0. The second-order valence-corrected chi connectivity index (χ2v) is 6.67. The van der Waals surface area contributed by atoms with Gasteiger partial charge in [0.25, 0.3) is 0 Å². The predicted octanol–water partition coefficient (Wildman–Crippen LogP) is 1.27. The minimum Gasteiger partial charge on any atom is -0.381 e. The summed E-state index contributed by atoms with van der Waals surface area (Å²) in [6.07, 6.45) is 5.37. The SMILES string of the molecule is CN=C(NCCCOC1CCOCC1)NC1CCc2nc(C)nn2C1.I. The Labute approximate surface area is 172 Å². The summed E-state index contributed by atoms with van der Waals surface area (Å²) in [5.74, 6) is 2.78. The summed E-state index contributed by atoms with van der Waals surface area (Å²) in [4.78, 5) is 8.77. The van der Waals surface area contributed by atoms with Gasteiger partial charge in [-0.05, 0) is 32.6 Å². The smallest absolute Gasteiger partial charge is 0.191 e. The highest BCUT2D eigenvalue weighted by Gasteiger charge is 2.21. The number of rotatable bonds is 6. The van der Waals surface area contributed by atoms with Crippen LogP contribution in [0.25, 0.3) is 0 Å². The highest BCUT2D eigenvalue weighted by Crippen LogP contribution is 2.13. The molecular formula is C17H31IN6O2. The van der Waals surface area contributed by atoms with E-state index in [9.17, 15) is 0 Å². The largest absolute Gasteiger partial charge is 0.381 e. The third-order valence-corrected chi connectivity index (χ3v) is 4.66. The third-order valence-electron chi connectivity index (χ3n) is 4.66. The van der Waals surface area contributed by atoms with Gasteiger partial charge in [-0.25, -0.2) is 9.67 Å². The van der Waals surface area contributed by atoms with Gasteiger partial charge in [-0.3, -0.25) is 4.99 Å². The van der Waals surface area contributed by atoms with Gasteiger partial charge < -0.3 is 20.1 Å². The molecule has 0 aliphatic carbocycles. The van der Waals surface area contributed by atoms with Gasteiger partial charge in [0.15, 0.2) is 5.96 Å². The molecule has 0 aromatic carbocycles. The van der Waals surface area contributed by atoms with Crippen LogP contribution in [0.3, 0.4) is 0 Å². The minimum atomic E-state index is 0. The van der Waals surface area contributed by atoms with E-state index in [1.807, 2.05) is 18.7 Å². The minimum absolute atomic E-state index is 0. The number of aromatic nitrogens is 3. The number of aliphatic imine (C=N–C) groups is 1. The lowest BCUT2D eigenvalue weighted by molar-refractivity contribution is -0.0320. The Kier molecular flexibility index (Phi) is 9.06. The average molecular weight is 478 g/mol. The van der Waals surface area contributed by atoms with Crippen LogP contribution in [-0.4, -0.2) is 66.3 Å². The molecular weight excluding hydrogens is 447 g/mol. The van der Waals surface area contributed by atoms with Crippen LogP contribution < -0.4 is 10.6 Å². The maximum Gasteiger partial charge on any atom is 0.191 e. The number of nitrogens with zero attached hydrogens (tertiary/aromatic N) is 4. The molecule has 26 heavy (non-hydrogen) atoms. The Hall–Kier alpha value is -0.940. The maximum atomic E-state index is 5.89. The van der Waals surface area contributed by atoms with E-state index >= 15 is 0 Å². The molecule has 2 aliphatic rings. The Bertz CT molecular complexity index is 574. The van der Waals surface area contributed by atoms with Gasteiger partial charge in [-0.1, -0.05) is 0 Å². The molecule has 9 heteroatoms. The van der Waals surface area contributed by atoms with Gasteiger partial charge >= 0.3 is 0 Å². The van der Waals surface area contributed by atoms with Crippen molar-refractivity contribution in [3.05, 3.63) is 11.6 Å². The normalized spacial score (nSPS) is 21.0. The molecule has 0 amide bonds. The topological polar surface area (TPSA) is 85.6 Å². The first-order valence-electron chi connectivity index (χ1n) is 9.31. The molecule has 2 aliphatic heterocycles. The lowest BCUT2D eigenvalue weighted by atomic mass is 10.1. The number of aryl methyl sites for hydroxylation is 2. The average Bonchev–Trinajstić information content (AvgIpc) is 3.00. The van der Waals surface area contributed by atoms with Crippen molar-refractivity contribution in [3.63, 3.8) is 0 Å². The molecule has 0 radical (unpaired) electrons. The molecule has 8 nitrogen and oxygen atoms in total. The zero-order chi connectivity index (χ0) is 17.5. The number of fused-ring (bicyclic) bond motifs is 1. The first-order chi connectivity index (χ1) is 12.2. The quantitative estimate of drug-likeness (QED) is 0.277.